The summed E-state index contributed by atoms with van der Waals surface area (Å²) in [5.41, 5.74) is 7.42. The van der Waals surface area contributed by atoms with Crippen LogP contribution in [0.1, 0.15) is 17.8 Å². The zero-order chi connectivity index (χ0) is 23.3. The van der Waals surface area contributed by atoms with E-state index in [4.69, 9.17) is 15.2 Å². The number of morpholine rings is 1. The van der Waals surface area contributed by atoms with Gasteiger partial charge in [-0.25, -0.2) is 15.0 Å². The van der Waals surface area contributed by atoms with Crippen LogP contribution in [0, 0.1) is 5.92 Å². The summed E-state index contributed by atoms with van der Waals surface area (Å²) in [6.45, 7) is 5.28. The number of carbonyl (C=O) groups is 1. The molecule has 0 saturated carbocycles. The maximum atomic E-state index is 11.2. The molecular formula is C24H30N6O3S. The van der Waals surface area contributed by atoms with Gasteiger partial charge in [0.15, 0.2) is 0 Å². The molecular weight excluding hydrogens is 452 g/mol. The van der Waals surface area contributed by atoms with Crippen LogP contribution in [0.25, 0.3) is 10.9 Å². The number of rotatable bonds is 8. The third-order valence-electron chi connectivity index (χ3n) is 6.54. The van der Waals surface area contributed by atoms with Gasteiger partial charge in [-0.15, -0.1) is 11.3 Å². The zero-order valence-corrected chi connectivity index (χ0v) is 20.0. The Balaban J connectivity index is 1.36. The molecule has 0 spiro atoms. The highest BCUT2D eigenvalue weighted by molar-refractivity contribution is 7.09. The number of amides is 1. The molecule has 180 valence electrons. The number of piperidine rings is 1. The second kappa shape index (κ2) is 10.6. The largest absolute Gasteiger partial charge is 0.378 e. The van der Waals surface area contributed by atoms with Crippen LogP contribution in [0.4, 0.5) is 11.5 Å². The molecule has 1 aromatic carbocycles. The third-order valence-corrected chi connectivity index (χ3v) is 7.34. The fourth-order valence-electron chi connectivity index (χ4n) is 4.81. The lowest BCUT2D eigenvalue weighted by atomic mass is 9.91. The SMILES string of the molecule is NC(=O)CCOC1CCN(c2ncnc3cc(N4CCOCC4)ccc23)CC1Cc1nccs1. The van der Waals surface area contributed by atoms with E-state index in [0.717, 1.165) is 74.0 Å². The summed E-state index contributed by atoms with van der Waals surface area (Å²) in [6.07, 6.45) is 5.48. The molecule has 0 radical (unpaired) electrons. The first-order valence-corrected chi connectivity index (χ1v) is 12.7. The number of nitrogens with two attached hydrogens (primary N) is 1. The van der Waals surface area contributed by atoms with Crippen LogP contribution in [0.2, 0.25) is 0 Å². The van der Waals surface area contributed by atoms with Crippen molar-refractivity contribution in [2.75, 3.05) is 55.8 Å². The van der Waals surface area contributed by atoms with Crippen molar-refractivity contribution in [2.45, 2.75) is 25.4 Å². The Kier molecular flexibility index (Phi) is 7.17. The van der Waals surface area contributed by atoms with Gasteiger partial charge in [0.25, 0.3) is 0 Å². The van der Waals surface area contributed by atoms with Gasteiger partial charge in [-0.2, -0.15) is 0 Å². The van der Waals surface area contributed by atoms with Crippen molar-refractivity contribution < 1.29 is 14.3 Å². The normalized spacial score (nSPS) is 21.2. The fourth-order valence-corrected chi connectivity index (χ4v) is 5.52. The summed E-state index contributed by atoms with van der Waals surface area (Å²) in [6, 6.07) is 6.45. The predicted molar refractivity (Wildman–Crippen MR) is 132 cm³/mol. The Hall–Kier alpha value is -2.82. The molecule has 2 aliphatic rings. The lowest BCUT2D eigenvalue weighted by molar-refractivity contribution is -0.120. The quantitative estimate of drug-likeness (QED) is 0.521. The summed E-state index contributed by atoms with van der Waals surface area (Å²) < 4.78 is 11.6. The Labute approximate surface area is 202 Å². The molecule has 2 aliphatic heterocycles. The maximum absolute atomic E-state index is 11.2. The molecule has 10 heteroatoms. The Morgan fingerprint density at radius 3 is 2.85 bits per heavy atom. The molecule has 2 fully saturated rings. The van der Waals surface area contributed by atoms with Gasteiger partial charge in [-0.3, -0.25) is 4.79 Å². The molecule has 2 N–H and O–H groups in total. The van der Waals surface area contributed by atoms with Crippen molar-refractivity contribution in [3.63, 3.8) is 0 Å². The molecule has 0 aliphatic carbocycles. The average Bonchev–Trinajstić information content (AvgIpc) is 3.38. The minimum Gasteiger partial charge on any atom is -0.378 e. The number of anilines is 2. The van der Waals surface area contributed by atoms with Gasteiger partial charge in [0.2, 0.25) is 5.91 Å². The minimum absolute atomic E-state index is 0.0560. The van der Waals surface area contributed by atoms with Crippen LogP contribution < -0.4 is 15.5 Å². The number of hydrogen-bond donors (Lipinski definition) is 1. The van der Waals surface area contributed by atoms with E-state index in [1.165, 1.54) is 5.69 Å². The minimum atomic E-state index is -0.335. The molecule has 1 amide bonds. The van der Waals surface area contributed by atoms with Crippen molar-refractivity contribution in [2.24, 2.45) is 11.7 Å². The number of aromatic nitrogens is 3. The smallest absolute Gasteiger partial charge is 0.219 e. The number of fused-ring (bicyclic) bond motifs is 1. The fraction of sp³-hybridized carbons (Fsp3) is 0.500. The van der Waals surface area contributed by atoms with E-state index in [1.54, 1.807) is 17.7 Å². The Morgan fingerprint density at radius 1 is 1.18 bits per heavy atom. The number of benzene rings is 1. The molecule has 4 heterocycles. The van der Waals surface area contributed by atoms with Crippen LogP contribution >= 0.6 is 11.3 Å². The van der Waals surface area contributed by atoms with E-state index in [0.29, 0.717) is 6.61 Å². The first-order valence-electron chi connectivity index (χ1n) is 11.8. The number of hydrogen-bond acceptors (Lipinski definition) is 9. The van der Waals surface area contributed by atoms with Crippen molar-refractivity contribution in [3.05, 3.63) is 41.1 Å². The molecule has 34 heavy (non-hydrogen) atoms. The highest BCUT2D eigenvalue weighted by Gasteiger charge is 2.32. The van der Waals surface area contributed by atoms with E-state index in [2.05, 4.69) is 43.0 Å². The summed E-state index contributed by atoms with van der Waals surface area (Å²) in [5.74, 6) is 0.862. The van der Waals surface area contributed by atoms with Crippen LogP contribution in [-0.2, 0) is 20.7 Å². The third kappa shape index (κ3) is 5.29. The van der Waals surface area contributed by atoms with Gasteiger partial charge >= 0.3 is 0 Å². The number of ether oxygens (including phenoxy) is 2. The van der Waals surface area contributed by atoms with E-state index < -0.39 is 0 Å². The molecule has 0 bridgehead atoms. The average molecular weight is 483 g/mol. The van der Waals surface area contributed by atoms with E-state index in [9.17, 15) is 4.79 Å². The molecule has 3 aromatic rings. The zero-order valence-electron chi connectivity index (χ0n) is 19.1. The predicted octanol–water partition coefficient (Wildman–Crippen LogP) is 2.25. The van der Waals surface area contributed by atoms with Gasteiger partial charge in [-0.05, 0) is 24.6 Å². The van der Waals surface area contributed by atoms with Gasteiger partial charge in [-0.1, -0.05) is 0 Å². The van der Waals surface area contributed by atoms with Crippen molar-refractivity contribution in [1.29, 1.82) is 0 Å². The highest BCUT2D eigenvalue weighted by atomic mass is 32.1. The summed E-state index contributed by atoms with van der Waals surface area (Å²) in [5, 5.41) is 4.15. The lowest BCUT2D eigenvalue weighted by Gasteiger charge is -2.39. The van der Waals surface area contributed by atoms with Crippen LogP contribution in [-0.4, -0.2) is 73.0 Å². The standard InChI is InChI=1S/C24H30N6O3S/c25-22(31)4-9-33-21-3-6-30(15-17(21)13-23-26-5-12-34-23)24-19-2-1-18(14-20(19)27-16-28-24)29-7-10-32-11-8-29/h1-2,5,12,14,16-17,21H,3-4,6-11,13,15H2,(H2,25,31). The van der Waals surface area contributed by atoms with E-state index in [1.807, 2.05) is 11.6 Å². The number of carbonyl (C=O) groups excluding carboxylic acids is 1. The van der Waals surface area contributed by atoms with Gasteiger partial charge in [0.05, 0.1) is 36.4 Å². The van der Waals surface area contributed by atoms with Crippen molar-refractivity contribution >= 4 is 39.7 Å². The van der Waals surface area contributed by atoms with Crippen molar-refractivity contribution in [1.82, 2.24) is 15.0 Å². The van der Waals surface area contributed by atoms with Crippen molar-refractivity contribution in [3.8, 4) is 0 Å². The van der Waals surface area contributed by atoms with Crippen LogP contribution in [0.15, 0.2) is 36.1 Å². The summed E-state index contributed by atoms with van der Waals surface area (Å²) in [4.78, 5) is 29.6. The molecule has 2 atom stereocenters. The van der Waals surface area contributed by atoms with Gasteiger partial charge in [0, 0.05) is 67.6 Å². The maximum Gasteiger partial charge on any atom is 0.219 e. The molecule has 5 rings (SSSR count). The van der Waals surface area contributed by atoms with Gasteiger partial charge < -0.3 is 25.0 Å². The monoisotopic (exact) mass is 482 g/mol. The summed E-state index contributed by atoms with van der Waals surface area (Å²) in [7, 11) is 0. The first-order chi connectivity index (χ1) is 16.7. The van der Waals surface area contributed by atoms with Gasteiger partial charge in [0.1, 0.15) is 12.1 Å². The van der Waals surface area contributed by atoms with E-state index >= 15 is 0 Å². The highest BCUT2D eigenvalue weighted by Crippen LogP contribution is 2.32. The van der Waals surface area contributed by atoms with Crippen LogP contribution in [0.5, 0.6) is 0 Å². The number of thiazole rings is 1. The Morgan fingerprint density at radius 2 is 2.06 bits per heavy atom. The topological polar surface area (TPSA) is 107 Å². The number of nitrogens with zero attached hydrogens (tertiary/aromatic N) is 5. The molecule has 2 unspecified atom stereocenters. The van der Waals surface area contributed by atoms with Crippen LogP contribution in [0.3, 0.4) is 0 Å². The molecule has 2 aromatic heterocycles. The number of primary amides is 1. The second-order valence-corrected chi connectivity index (χ2v) is 9.73. The molecule has 9 nitrogen and oxygen atoms in total. The lowest BCUT2D eigenvalue weighted by Crippen LogP contribution is -2.46. The first kappa shape index (κ1) is 22.9. The Bertz CT molecular complexity index is 1110. The summed E-state index contributed by atoms with van der Waals surface area (Å²) >= 11 is 1.66. The van der Waals surface area contributed by atoms with E-state index in [-0.39, 0.29) is 24.3 Å². The molecule has 2 saturated heterocycles. The second-order valence-electron chi connectivity index (χ2n) is 8.75.